The summed E-state index contributed by atoms with van der Waals surface area (Å²) in [5.41, 5.74) is 3.79. The summed E-state index contributed by atoms with van der Waals surface area (Å²) in [7, 11) is 1.73. The van der Waals surface area contributed by atoms with E-state index in [1.54, 1.807) is 7.11 Å². The number of anilines is 2. The Morgan fingerprint density at radius 2 is 1.71 bits per heavy atom. The van der Waals surface area contributed by atoms with Crippen molar-refractivity contribution in [3.63, 3.8) is 0 Å². The summed E-state index contributed by atoms with van der Waals surface area (Å²) in [5, 5.41) is 3.42. The lowest BCUT2D eigenvalue weighted by atomic mass is 10.1. The van der Waals surface area contributed by atoms with Gasteiger partial charge in [0.25, 0.3) is 0 Å². The first kappa shape index (κ1) is 15.5. The minimum Gasteiger partial charge on any atom is -0.383 e. The fourth-order valence-electron chi connectivity index (χ4n) is 2.42. The number of benzene rings is 2. The zero-order chi connectivity index (χ0) is 14.9. The Morgan fingerprint density at radius 1 is 1.00 bits per heavy atom. The van der Waals surface area contributed by atoms with E-state index in [0.717, 1.165) is 26.2 Å². The first-order chi connectivity index (χ1) is 10.4. The third-order valence-electron chi connectivity index (χ3n) is 3.46. The molecule has 112 valence electrons. The number of ether oxygens (including phenoxy) is 1. The van der Waals surface area contributed by atoms with Crippen LogP contribution in [0.15, 0.2) is 54.6 Å². The van der Waals surface area contributed by atoms with E-state index in [1.807, 2.05) is 0 Å². The molecular formula is C18H24N2O. The van der Waals surface area contributed by atoms with Gasteiger partial charge in [-0.1, -0.05) is 36.4 Å². The van der Waals surface area contributed by atoms with Gasteiger partial charge in [-0.2, -0.15) is 0 Å². The molecule has 2 rings (SSSR count). The SMILES string of the molecule is CCN(c1ccccc1)c1ccccc1CNCCOC. The van der Waals surface area contributed by atoms with Crippen molar-refractivity contribution in [3.05, 3.63) is 60.2 Å². The second-order valence-electron chi connectivity index (χ2n) is 4.88. The quantitative estimate of drug-likeness (QED) is 0.750. The van der Waals surface area contributed by atoms with Gasteiger partial charge < -0.3 is 15.0 Å². The molecule has 0 aliphatic rings. The van der Waals surface area contributed by atoms with Crippen LogP contribution in [0.5, 0.6) is 0 Å². The summed E-state index contributed by atoms with van der Waals surface area (Å²) in [4.78, 5) is 2.34. The Labute approximate surface area is 127 Å². The van der Waals surface area contributed by atoms with Crippen molar-refractivity contribution in [2.24, 2.45) is 0 Å². The third-order valence-corrected chi connectivity index (χ3v) is 3.46. The Bertz CT molecular complexity index is 528. The Balaban J connectivity index is 2.17. The lowest BCUT2D eigenvalue weighted by Crippen LogP contribution is -2.22. The highest BCUT2D eigenvalue weighted by Gasteiger charge is 2.10. The maximum absolute atomic E-state index is 5.08. The van der Waals surface area contributed by atoms with Gasteiger partial charge in [-0.15, -0.1) is 0 Å². The van der Waals surface area contributed by atoms with Crippen LogP contribution in [0.1, 0.15) is 12.5 Å². The summed E-state index contributed by atoms with van der Waals surface area (Å²) in [6.45, 7) is 5.57. The van der Waals surface area contributed by atoms with Crippen LogP contribution in [0.4, 0.5) is 11.4 Å². The molecule has 0 aliphatic carbocycles. The van der Waals surface area contributed by atoms with Gasteiger partial charge >= 0.3 is 0 Å². The van der Waals surface area contributed by atoms with E-state index in [9.17, 15) is 0 Å². The molecule has 0 fully saturated rings. The molecule has 0 aliphatic heterocycles. The maximum atomic E-state index is 5.08. The Kier molecular flexibility index (Phi) is 6.25. The van der Waals surface area contributed by atoms with Crippen molar-refractivity contribution >= 4 is 11.4 Å². The van der Waals surface area contributed by atoms with E-state index in [2.05, 4.69) is 71.7 Å². The maximum Gasteiger partial charge on any atom is 0.0587 e. The van der Waals surface area contributed by atoms with Gasteiger partial charge in [-0.25, -0.2) is 0 Å². The van der Waals surface area contributed by atoms with E-state index in [4.69, 9.17) is 4.74 Å². The first-order valence-corrected chi connectivity index (χ1v) is 7.47. The van der Waals surface area contributed by atoms with Crippen molar-refractivity contribution in [1.29, 1.82) is 0 Å². The molecule has 0 saturated heterocycles. The molecule has 0 unspecified atom stereocenters. The van der Waals surface area contributed by atoms with E-state index < -0.39 is 0 Å². The minimum absolute atomic E-state index is 0.734. The molecule has 0 atom stereocenters. The van der Waals surface area contributed by atoms with Crippen LogP contribution in [-0.4, -0.2) is 26.8 Å². The number of nitrogens with one attached hydrogen (secondary N) is 1. The number of para-hydroxylation sites is 2. The summed E-state index contributed by atoms with van der Waals surface area (Å²) in [6, 6.07) is 19.1. The van der Waals surface area contributed by atoms with Gasteiger partial charge in [-0.3, -0.25) is 0 Å². The second-order valence-corrected chi connectivity index (χ2v) is 4.88. The van der Waals surface area contributed by atoms with Gasteiger partial charge in [0.2, 0.25) is 0 Å². The lowest BCUT2D eigenvalue weighted by Gasteiger charge is -2.26. The molecule has 0 bridgehead atoms. The molecular weight excluding hydrogens is 260 g/mol. The van der Waals surface area contributed by atoms with E-state index in [-0.39, 0.29) is 0 Å². The zero-order valence-electron chi connectivity index (χ0n) is 12.9. The normalized spacial score (nSPS) is 10.6. The van der Waals surface area contributed by atoms with E-state index in [1.165, 1.54) is 16.9 Å². The van der Waals surface area contributed by atoms with Crippen LogP contribution in [0.2, 0.25) is 0 Å². The molecule has 21 heavy (non-hydrogen) atoms. The minimum atomic E-state index is 0.734. The highest BCUT2D eigenvalue weighted by Crippen LogP contribution is 2.28. The number of methoxy groups -OCH3 is 1. The largest absolute Gasteiger partial charge is 0.383 e. The van der Waals surface area contributed by atoms with Gasteiger partial charge in [-0.05, 0) is 30.7 Å². The number of hydrogen-bond acceptors (Lipinski definition) is 3. The highest BCUT2D eigenvalue weighted by molar-refractivity contribution is 5.66. The number of rotatable bonds is 8. The molecule has 1 N–H and O–H groups in total. The van der Waals surface area contributed by atoms with Crippen LogP contribution < -0.4 is 10.2 Å². The third kappa shape index (κ3) is 4.31. The first-order valence-electron chi connectivity index (χ1n) is 7.47. The van der Waals surface area contributed by atoms with Crippen LogP contribution in [0, 0.1) is 0 Å². The molecule has 0 amide bonds. The van der Waals surface area contributed by atoms with Crippen LogP contribution in [0.25, 0.3) is 0 Å². The predicted octanol–water partition coefficient (Wildman–Crippen LogP) is 3.58. The van der Waals surface area contributed by atoms with Crippen molar-refractivity contribution in [2.75, 3.05) is 31.7 Å². The molecule has 0 aromatic heterocycles. The number of hydrogen-bond donors (Lipinski definition) is 1. The molecule has 0 radical (unpaired) electrons. The Hall–Kier alpha value is -1.84. The van der Waals surface area contributed by atoms with Crippen molar-refractivity contribution in [2.45, 2.75) is 13.5 Å². The van der Waals surface area contributed by atoms with Crippen LogP contribution in [-0.2, 0) is 11.3 Å². The predicted molar refractivity (Wildman–Crippen MR) is 89.1 cm³/mol. The molecule has 0 heterocycles. The monoisotopic (exact) mass is 284 g/mol. The second kappa shape index (κ2) is 8.45. The summed E-state index contributed by atoms with van der Waals surface area (Å²) >= 11 is 0. The van der Waals surface area contributed by atoms with Crippen molar-refractivity contribution in [1.82, 2.24) is 5.32 Å². The van der Waals surface area contributed by atoms with Crippen LogP contribution >= 0.6 is 0 Å². The van der Waals surface area contributed by atoms with Gasteiger partial charge in [0.1, 0.15) is 0 Å². The summed E-state index contributed by atoms with van der Waals surface area (Å²) in [6.07, 6.45) is 0. The lowest BCUT2D eigenvalue weighted by molar-refractivity contribution is 0.199. The van der Waals surface area contributed by atoms with E-state index >= 15 is 0 Å². The molecule has 0 saturated carbocycles. The number of nitrogens with zero attached hydrogens (tertiary/aromatic N) is 1. The van der Waals surface area contributed by atoms with Crippen LogP contribution in [0.3, 0.4) is 0 Å². The zero-order valence-corrected chi connectivity index (χ0v) is 12.9. The molecule has 0 spiro atoms. The summed E-state index contributed by atoms with van der Waals surface area (Å²) < 4.78 is 5.08. The molecule has 2 aromatic rings. The average molecular weight is 284 g/mol. The van der Waals surface area contributed by atoms with Crippen molar-refractivity contribution < 1.29 is 4.74 Å². The van der Waals surface area contributed by atoms with Gasteiger partial charge in [0.15, 0.2) is 0 Å². The Morgan fingerprint density at radius 3 is 2.43 bits per heavy atom. The molecule has 3 nitrogen and oxygen atoms in total. The van der Waals surface area contributed by atoms with Gasteiger partial charge in [0, 0.05) is 38.1 Å². The smallest absolute Gasteiger partial charge is 0.0587 e. The fraction of sp³-hybridized carbons (Fsp3) is 0.333. The van der Waals surface area contributed by atoms with E-state index in [0.29, 0.717) is 0 Å². The van der Waals surface area contributed by atoms with Gasteiger partial charge in [0.05, 0.1) is 6.61 Å². The standard InChI is InChI=1S/C18H24N2O/c1-3-20(17-10-5-4-6-11-17)18-12-8-7-9-16(18)15-19-13-14-21-2/h4-12,19H,3,13-15H2,1-2H3. The summed E-state index contributed by atoms with van der Waals surface area (Å²) in [5.74, 6) is 0. The average Bonchev–Trinajstić information content (AvgIpc) is 2.55. The molecule has 3 heteroatoms. The van der Waals surface area contributed by atoms with Crippen molar-refractivity contribution in [3.8, 4) is 0 Å². The molecule has 2 aromatic carbocycles. The fourth-order valence-corrected chi connectivity index (χ4v) is 2.42. The topological polar surface area (TPSA) is 24.5 Å². The highest BCUT2D eigenvalue weighted by atomic mass is 16.5.